The van der Waals surface area contributed by atoms with Gasteiger partial charge in [0.15, 0.2) is 0 Å². The minimum atomic E-state index is -0.124. The number of ketones is 1. The van der Waals surface area contributed by atoms with Crippen molar-refractivity contribution in [3.8, 4) is 5.75 Å². The lowest BCUT2D eigenvalue weighted by Gasteiger charge is -2.10. The van der Waals surface area contributed by atoms with Gasteiger partial charge in [-0.3, -0.25) is 4.79 Å². The molecule has 1 aromatic carbocycles. The second kappa shape index (κ2) is 6.40. The lowest BCUT2D eigenvalue weighted by Crippen LogP contribution is -2.15. The largest absolute Gasteiger partial charge is 0.497 e. The molecule has 16 heavy (non-hydrogen) atoms. The molecule has 0 aromatic heterocycles. The highest BCUT2D eigenvalue weighted by atomic mass is 79.9. The van der Waals surface area contributed by atoms with Crippen LogP contribution in [-0.4, -0.2) is 17.7 Å². The molecule has 88 valence electrons. The summed E-state index contributed by atoms with van der Waals surface area (Å²) < 4.78 is 6.16. The molecule has 1 atom stereocenters. The zero-order chi connectivity index (χ0) is 12.1. The molecular weight excluding hydrogens is 336 g/mol. The molecule has 0 amide bonds. The van der Waals surface area contributed by atoms with Gasteiger partial charge >= 0.3 is 0 Å². The van der Waals surface area contributed by atoms with Crippen LogP contribution in [0, 0.1) is 0 Å². The molecule has 0 saturated carbocycles. The van der Waals surface area contributed by atoms with Gasteiger partial charge in [-0.2, -0.15) is 0 Å². The van der Waals surface area contributed by atoms with Crippen molar-refractivity contribution in [2.24, 2.45) is 0 Å². The number of benzene rings is 1. The van der Waals surface area contributed by atoms with E-state index in [4.69, 9.17) is 4.74 Å². The van der Waals surface area contributed by atoms with Crippen molar-refractivity contribution in [3.05, 3.63) is 28.2 Å². The van der Waals surface area contributed by atoms with Crippen LogP contribution in [0.15, 0.2) is 22.7 Å². The van der Waals surface area contributed by atoms with E-state index in [0.717, 1.165) is 15.8 Å². The van der Waals surface area contributed by atoms with Gasteiger partial charge in [0.05, 0.1) is 11.9 Å². The number of alkyl halides is 1. The van der Waals surface area contributed by atoms with E-state index in [1.807, 2.05) is 25.1 Å². The highest BCUT2D eigenvalue weighted by Gasteiger charge is 2.15. The fourth-order valence-corrected chi connectivity index (χ4v) is 2.44. The molecule has 4 heteroatoms. The van der Waals surface area contributed by atoms with E-state index >= 15 is 0 Å². The van der Waals surface area contributed by atoms with E-state index < -0.39 is 0 Å². The first kappa shape index (κ1) is 13.7. The van der Waals surface area contributed by atoms with Crippen molar-refractivity contribution in [1.82, 2.24) is 0 Å². The van der Waals surface area contributed by atoms with E-state index in [1.165, 1.54) is 0 Å². The molecule has 1 aromatic rings. The van der Waals surface area contributed by atoms with Gasteiger partial charge in [-0.1, -0.05) is 38.8 Å². The number of carbonyl (C=O) groups is 1. The predicted octanol–water partition coefficient (Wildman–Crippen LogP) is 3.74. The average molecular weight is 350 g/mol. The number of hydrogen-bond donors (Lipinski definition) is 0. The minimum absolute atomic E-state index is 0.124. The van der Waals surface area contributed by atoms with Gasteiger partial charge in [0.1, 0.15) is 11.5 Å². The van der Waals surface area contributed by atoms with E-state index in [1.54, 1.807) is 7.11 Å². The first-order valence-corrected chi connectivity index (χ1v) is 6.78. The zero-order valence-electron chi connectivity index (χ0n) is 9.30. The third-order valence-electron chi connectivity index (χ3n) is 2.35. The highest BCUT2D eigenvalue weighted by Crippen LogP contribution is 2.25. The first-order chi connectivity index (χ1) is 7.58. The van der Waals surface area contributed by atoms with Crippen LogP contribution in [0.4, 0.5) is 0 Å². The van der Waals surface area contributed by atoms with Crippen molar-refractivity contribution < 1.29 is 9.53 Å². The number of Topliss-reactive ketones (excluding diaryl/α,β-unsaturated/α-hetero) is 1. The quantitative estimate of drug-likeness (QED) is 0.757. The topological polar surface area (TPSA) is 26.3 Å². The summed E-state index contributed by atoms with van der Waals surface area (Å²) in [6.45, 7) is 1.87. The number of halogens is 2. The molecule has 1 unspecified atom stereocenters. The summed E-state index contributed by atoms with van der Waals surface area (Å²) >= 11 is 6.88. The smallest absolute Gasteiger partial charge is 0.146 e. The molecule has 0 aliphatic carbocycles. The van der Waals surface area contributed by atoms with Crippen LogP contribution in [0.1, 0.15) is 18.9 Å². The van der Waals surface area contributed by atoms with Gasteiger partial charge in [-0.15, -0.1) is 0 Å². The summed E-state index contributed by atoms with van der Waals surface area (Å²) in [6.07, 6.45) is 1.22. The maximum Gasteiger partial charge on any atom is 0.146 e. The fraction of sp³-hybridized carbons (Fsp3) is 0.417. The Balaban J connectivity index is 2.83. The second-order valence-electron chi connectivity index (χ2n) is 3.45. The Morgan fingerprint density at radius 3 is 2.75 bits per heavy atom. The Morgan fingerprint density at radius 2 is 2.19 bits per heavy atom. The molecule has 0 N–H and O–H groups in total. The van der Waals surface area contributed by atoms with E-state index in [9.17, 15) is 4.79 Å². The molecule has 0 aliphatic rings. The normalized spacial score (nSPS) is 12.2. The monoisotopic (exact) mass is 348 g/mol. The van der Waals surface area contributed by atoms with Gasteiger partial charge in [0.2, 0.25) is 0 Å². The maximum atomic E-state index is 11.5. The molecule has 0 spiro atoms. The molecule has 0 saturated heterocycles. The van der Waals surface area contributed by atoms with Crippen molar-refractivity contribution in [1.29, 1.82) is 0 Å². The highest BCUT2D eigenvalue weighted by molar-refractivity contribution is 9.10. The Bertz CT molecular complexity index is 377. The number of methoxy groups -OCH3 is 1. The first-order valence-electron chi connectivity index (χ1n) is 5.07. The number of carbonyl (C=O) groups excluding carboxylic acids is 1. The third kappa shape index (κ3) is 3.59. The molecule has 0 radical (unpaired) electrons. The predicted molar refractivity (Wildman–Crippen MR) is 72.4 cm³/mol. The van der Waals surface area contributed by atoms with Crippen LogP contribution >= 0.6 is 31.9 Å². The Labute approximate surface area is 113 Å². The molecule has 1 rings (SSSR count). The zero-order valence-corrected chi connectivity index (χ0v) is 12.5. The van der Waals surface area contributed by atoms with Gasteiger partial charge in [0.25, 0.3) is 0 Å². The van der Waals surface area contributed by atoms with Crippen molar-refractivity contribution in [2.45, 2.75) is 24.6 Å². The van der Waals surface area contributed by atoms with Gasteiger partial charge in [0, 0.05) is 10.9 Å². The molecule has 0 bridgehead atoms. The standard InChI is InChI=1S/C12H14Br2O2/c1-3-12(15)11(14)7-8-6-9(16-2)4-5-10(8)13/h4-6,11H,3,7H2,1-2H3. The second-order valence-corrected chi connectivity index (χ2v) is 5.41. The number of hydrogen-bond acceptors (Lipinski definition) is 2. The summed E-state index contributed by atoms with van der Waals surface area (Å²) in [4.78, 5) is 11.4. The fourth-order valence-electron chi connectivity index (χ4n) is 1.36. The minimum Gasteiger partial charge on any atom is -0.497 e. The van der Waals surface area contributed by atoms with Gasteiger partial charge in [-0.25, -0.2) is 0 Å². The van der Waals surface area contributed by atoms with Gasteiger partial charge < -0.3 is 4.74 Å². The third-order valence-corrected chi connectivity index (χ3v) is 3.96. The SMILES string of the molecule is CCC(=O)C(Br)Cc1cc(OC)ccc1Br. The summed E-state index contributed by atoms with van der Waals surface area (Å²) in [5.41, 5.74) is 1.07. The Kier molecular flexibility index (Phi) is 5.49. The van der Waals surface area contributed by atoms with Crippen molar-refractivity contribution >= 4 is 37.6 Å². The maximum absolute atomic E-state index is 11.5. The van der Waals surface area contributed by atoms with Crippen LogP contribution in [0.2, 0.25) is 0 Å². The van der Waals surface area contributed by atoms with Crippen LogP contribution in [0.25, 0.3) is 0 Å². The summed E-state index contributed by atoms with van der Waals surface area (Å²) in [5.74, 6) is 1.02. The van der Waals surface area contributed by atoms with E-state index in [-0.39, 0.29) is 10.6 Å². The van der Waals surface area contributed by atoms with Crippen LogP contribution in [0.3, 0.4) is 0 Å². The number of ether oxygens (including phenoxy) is 1. The molecular formula is C12H14Br2O2. The summed E-state index contributed by atoms with van der Waals surface area (Å²) in [5, 5.41) is 0. The Hall–Kier alpha value is -0.350. The van der Waals surface area contributed by atoms with Crippen LogP contribution in [-0.2, 0) is 11.2 Å². The molecule has 2 nitrogen and oxygen atoms in total. The van der Waals surface area contributed by atoms with Crippen molar-refractivity contribution in [2.75, 3.05) is 7.11 Å². The van der Waals surface area contributed by atoms with E-state index in [0.29, 0.717) is 12.8 Å². The lowest BCUT2D eigenvalue weighted by atomic mass is 10.1. The van der Waals surface area contributed by atoms with E-state index in [2.05, 4.69) is 31.9 Å². The van der Waals surface area contributed by atoms with Crippen LogP contribution < -0.4 is 4.74 Å². The average Bonchev–Trinajstić information content (AvgIpc) is 2.30. The van der Waals surface area contributed by atoms with Crippen LogP contribution in [0.5, 0.6) is 5.75 Å². The molecule has 0 aliphatic heterocycles. The summed E-state index contributed by atoms with van der Waals surface area (Å²) in [7, 11) is 1.63. The van der Waals surface area contributed by atoms with Crippen molar-refractivity contribution in [3.63, 3.8) is 0 Å². The summed E-state index contributed by atoms with van der Waals surface area (Å²) in [6, 6.07) is 5.77. The Morgan fingerprint density at radius 1 is 1.50 bits per heavy atom. The van der Waals surface area contributed by atoms with Gasteiger partial charge in [-0.05, 0) is 30.2 Å². The number of rotatable bonds is 5. The molecule has 0 fully saturated rings. The lowest BCUT2D eigenvalue weighted by molar-refractivity contribution is -0.118. The molecule has 0 heterocycles.